The van der Waals surface area contributed by atoms with E-state index in [-0.39, 0.29) is 16.0 Å². The lowest BCUT2D eigenvalue weighted by molar-refractivity contribution is -0.384. The van der Waals surface area contributed by atoms with Crippen molar-refractivity contribution in [1.82, 2.24) is 4.31 Å². The predicted octanol–water partition coefficient (Wildman–Crippen LogP) is 2.41. The maximum absolute atomic E-state index is 12.4. The fourth-order valence-corrected chi connectivity index (χ4v) is 3.66. The molecule has 7 heteroatoms. The van der Waals surface area contributed by atoms with E-state index in [9.17, 15) is 18.5 Å². The lowest BCUT2D eigenvalue weighted by atomic mass is 9.83. The van der Waals surface area contributed by atoms with Gasteiger partial charge in [0, 0.05) is 25.2 Å². The van der Waals surface area contributed by atoms with Crippen LogP contribution in [0.2, 0.25) is 0 Å². The highest BCUT2D eigenvalue weighted by Gasteiger charge is 2.32. The molecule has 20 heavy (non-hydrogen) atoms. The second-order valence-electron chi connectivity index (χ2n) is 5.82. The van der Waals surface area contributed by atoms with Crippen LogP contribution < -0.4 is 0 Å². The first-order chi connectivity index (χ1) is 9.22. The molecule has 0 spiro atoms. The normalized spacial score (nSPS) is 19.7. The molecule has 0 bridgehead atoms. The minimum atomic E-state index is -3.54. The molecule has 1 aliphatic heterocycles. The third-order valence-corrected chi connectivity index (χ3v) is 5.67. The van der Waals surface area contributed by atoms with Crippen molar-refractivity contribution in [3.05, 3.63) is 34.4 Å². The quantitative estimate of drug-likeness (QED) is 0.634. The molecule has 1 aliphatic rings. The Morgan fingerprint density at radius 2 is 1.65 bits per heavy atom. The van der Waals surface area contributed by atoms with Crippen LogP contribution in [0.5, 0.6) is 0 Å². The van der Waals surface area contributed by atoms with Crippen molar-refractivity contribution in [2.45, 2.75) is 31.6 Å². The van der Waals surface area contributed by atoms with Gasteiger partial charge in [0.05, 0.1) is 9.82 Å². The van der Waals surface area contributed by atoms with E-state index in [2.05, 4.69) is 13.8 Å². The minimum absolute atomic E-state index is 0.108. The van der Waals surface area contributed by atoms with E-state index in [0.717, 1.165) is 12.8 Å². The average Bonchev–Trinajstić information content (AvgIpc) is 2.38. The van der Waals surface area contributed by atoms with E-state index in [1.165, 1.54) is 28.6 Å². The van der Waals surface area contributed by atoms with Gasteiger partial charge in [-0.05, 0) is 30.4 Å². The molecule has 2 rings (SSSR count). The van der Waals surface area contributed by atoms with E-state index in [1.807, 2.05) is 0 Å². The average molecular weight is 298 g/mol. The van der Waals surface area contributed by atoms with Crippen molar-refractivity contribution < 1.29 is 13.3 Å². The Morgan fingerprint density at radius 1 is 1.15 bits per heavy atom. The summed E-state index contributed by atoms with van der Waals surface area (Å²) in [6.45, 7) is 5.24. The molecule has 0 aliphatic carbocycles. The number of hydrogen-bond donors (Lipinski definition) is 0. The minimum Gasteiger partial charge on any atom is -0.258 e. The van der Waals surface area contributed by atoms with Gasteiger partial charge in [0.2, 0.25) is 10.0 Å². The Hall–Kier alpha value is -1.47. The fraction of sp³-hybridized carbons (Fsp3) is 0.538. The van der Waals surface area contributed by atoms with E-state index in [1.54, 1.807) is 0 Å². The lowest BCUT2D eigenvalue weighted by Crippen LogP contribution is -2.41. The molecule has 0 radical (unpaired) electrons. The Kier molecular flexibility index (Phi) is 3.84. The third kappa shape index (κ3) is 2.99. The Balaban J connectivity index is 2.20. The van der Waals surface area contributed by atoms with Crippen LogP contribution in [0.4, 0.5) is 5.69 Å². The first-order valence-electron chi connectivity index (χ1n) is 6.47. The van der Waals surface area contributed by atoms with Gasteiger partial charge in [0.25, 0.3) is 5.69 Å². The van der Waals surface area contributed by atoms with Gasteiger partial charge in [-0.25, -0.2) is 8.42 Å². The fourth-order valence-electron chi connectivity index (χ4n) is 2.22. The maximum atomic E-state index is 12.4. The largest absolute Gasteiger partial charge is 0.269 e. The molecule has 1 saturated heterocycles. The summed E-state index contributed by atoms with van der Waals surface area (Å²) in [5.74, 6) is 0. The van der Waals surface area contributed by atoms with Crippen molar-refractivity contribution >= 4 is 15.7 Å². The van der Waals surface area contributed by atoms with Crippen molar-refractivity contribution in [2.24, 2.45) is 5.41 Å². The van der Waals surface area contributed by atoms with Crippen LogP contribution in [-0.2, 0) is 10.0 Å². The number of sulfonamides is 1. The van der Waals surface area contributed by atoms with Crippen molar-refractivity contribution in [2.75, 3.05) is 13.1 Å². The number of nitro benzene ring substituents is 1. The Bertz CT molecular complexity index is 598. The molecule has 0 saturated carbocycles. The van der Waals surface area contributed by atoms with Gasteiger partial charge in [-0.15, -0.1) is 0 Å². The number of rotatable bonds is 3. The SMILES string of the molecule is CC1(C)CCN(S(=O)(=O)c2ccc([N+](=O)[O-])cc2)CC1. The highest BCUT2D eigenvalue weighted by molar-refractivity contribution is 7.89. The zero-order chi connectivity index (χ0) is 15.0. The van der Waals surface area contributed by atoms with E-state index in [4.69, 9.17) is 0 Å². The molecule has 1 aromatic rings. The summed E-state index contributed by atoms with van der Waals surface area (Å²) in [6, 6.07) is 5.04. The van der Waals surface area contributed by atoms with Crippen molar-refractivity contribution in [3.8, 4) is 0 Å². The summed E-state index contributed by atoms with van der Waals surface area (Å²) in [7, 11) is -3.54. The number of piperidine rings is 1. The molecular formula is C13H18N2O4S. The summed E-state index contributed by atoms with van der Waals surface area (Å²) in [5, 5.41) is 10.6. The van der Waals surface area contributed by atoms with E-state index < -0.39 is 14.9 Å². The molecule has 0 aromatic heterocycles. The van der Waals surface area contributed by atoms with Crippen molar-refractivity contribution in [1.29, 1.82) is 0 Å². The van der Waals surface area contributed by atoms with Crippen LogP contribution in [0.25, 0.3) is 0 Å². The summed E-state index contributed by atoms with van der Waals surface area (Å²) < 4.78 is 26.3. The third-order valence-electron chi connectivity index (χ3n) is 3.76. The first-order valence-corrected chi connectivity index (χ1v) is 7.91. The molecule has 1 heterocycles. The standard InChI is InChI=1S/C13H18N2O4S/c1-13(2)7-9-14(10-8-13)20(18,19)12-5-3-11(4-6-12)15(16)17/h3-6H,7-10H2,1-2H3. The van der Waals surface area contributed by atoms with Gasteiger partial charge >= 0.3 is 0 Å². The Morgan fingerprint density at radius 3 is 2.10 bits per heavy atom. The van der Waals surface area contributed by atoms with Crippen LogP contribution in [0, 0.1) is 15.5 Å². The molecule has 0 amide bonds. The van der Waals surface area contributed by atoms with Gasteiger partial charge in [0.1, 0.15) is 0 Å². The maximum Gasteiger partial charge on any atom is 0.269 e. The highest BCUT2D eigenvalue weighted by atomic mass is 32.2. The number of hydrogen-bond acceptors (Lipinski definition) is 4. The molecular weight excluding hydrogens is 280 g/mol. The zero-order valence-corrected chi connectivity index (χ0v) is 12.4. The lowest BCUT2D eigenvalue weighted by Gasteiger charge is -2.36. The van der Waals surface area contributed by atoms with Gasteiger partial charge in [-0.3, -0.25) is 10.1 Å². The van der Waals surface area contributed by atoms with E-state index >= 15 is 0 Å². The molecule has 6 nitrogen and oxygen atoms in total. The molecule has 110 valence electrons. The van der Waals surface area contributed by atoms with Crippen molar-refractivity contribution in [3.63, 3.8) is 0 Å². The summed E-state index contributed by atoms with van der Waals surface area (Å²) in [6.07, 6.45) is 1.64. The van der Waals surface area contributed by atoms with Gasteiger partial charge in [0.15, 0.2) is 0 Å². The topological polar surface area (TPSA) is 80.5 Å². The molecule has 1 fully saturated rings. The predicted molar refractivity (Wildman–Crippen MR) is 74.9 cm³/mol. The first kappa shape index (κ1) is 14.9. The second kappa shape index (κ2) is 5.14. The zero-order valence-electron chi connectivity index (χ0n) is 11.6. The number of non-ortho nitro benzene ring substituents is 1. The number of benzene rings is 1. The number of nitro groups is 1. The molecule has 0 atom stereocenters. The number of nitrogens with zero attached hydrogens (tertiary/aromatic N) is 2. The second-order valence-corrected chi connectivity index (χ2v) is 7.76. The summed E-state index contributed by atoms with van der Waals surface area (Å²) in [4.78, 5) is 10.2. The molecule has 0 unspecified atom stereocenters. The van der Waals surface area contributed by atoms with Crippen LogP contribution in [-0.4, -0.2) is 30.7 Å². The van der Waals surface area contributed by atoms with Crippen LogP contribution in [0.1, 0.15) is 26.7 Å². The summed E-state index contributed by atoms with van der Waals surface area (Å²) in [5.41, 5.74) is 0.0605. The van der Waals surface area contributed by atoms with Crippen LogP contribution in [0.15, 0.2) is 29.2 Å². The molecule has 1 aromatic carbocycles. The smallest absolute Gasteiger partial charge is 0.258 e. The van der Waals surface area contributed by atoms with Crippen LogP contribution in [0.3, 0.4) is 0 Å². The Labute approximate surface area is 118 Å². The van der Waals surface area contributed by atoms with E-state index in [0.29, 0.717) is 13.1 Å². The van der Waals surface area contributed by atoms with Gasteiger partial charge in [-0.2, -0.15) is 4.31 Å². The molecule has 0 N–H and O–H groups in total. The van der Waals surface area contributed by atoms with Gasteiger partial charge < -0.3 is 0 Å². The van der Waals surface area contributed by atoms with Crippen LogP contribution >= 0.6 is 0 Å². The van der Waals surface area contributed by atoms with Gasteiger partial charge in [-0.1, -0.05) is 13.8 Å². The summed E-state index contributed by atoms with van der Waals surface area (Å²) >= 11 is 0. The highest BCUT2D eigenvalue weighted by Crippen LogP contribution is 2.32. The monoisotopic (exact) mass is 298 g/mol.